The normalized spacial score (nSPS) is 22.9. The third kappa shape index (κ3) is 4.56. The molecule has 2 aliphatic rings. The van der Waals surface area contributed by atoms with Crippen molar-refractivity contribution >= 4 is 16.7 Å². The van der Waals surface area contributed by atoms with Crippen LogP contribution in [0.4, 0.5) is 18.9 Å². The summed E-state index contributed by atoms with van der Waals surface area (Å²) in [6.45, 7) is 3.93. The van der Waals surface area contributed by atoms with Gasteiger partial charge in [0.2, 0.25) is 0 Å². The number of piperidine rings is 1. The van der Waals surface area contributed by atoms with Gasteiger partial charge in [-0.25, -0.2) is 4.98 Å². The number of hydrogen-bond acceptors (Lipinski definition) is 6. The number of rotatable bonds is 4. The molecule has 5 rings (SSSR count). The molecule has 2 fully saturated rings. The molecule has 0 amide bonds. The fraction of sp³-hybridized carbons (Fsp3) is 0.500. The summed E-state index contributed by atoms with van der Waals surface area (Å²) in [7, 11) is 4.06. The minimum atomic E-state index is -4.76. The molecule has 34 heavy (non-hydrogen) atoms. The van der Waals surface area contributed by atoms with E-state index in [4.69, 9.17) is 4.98 Å². The van der Waals surface area contributed by atoms with Gasteiger partial charge < -0.3 is 19.5 Å². The Labute approximate surface area is 196 Å². The number of piperazine rings is 1. The molecular formula is C24H29F3N6O. The molecule has 0 spiro atoms. The van der Waals surface area contributed by atoms with Gasteiger partial charge in [-0.2, -0.15) is 0 Å². The second-order valence-corrected chi connectivity index (χ2v) is 9.15. The van der Waals surface area contributed by atoms with Crippen LogP contribution < -0.4 is 9.64 Å². The number of halogens is 3. The lowest BCUT2D eigenvalue weighted by Gasteiger charge is -2.38. The van der Waals surface area contributed by atoms with Crippen LogP contribution in [0.5, 0.6) is 5.75 Å². The number of hydrogen-bond donors (Lipinski definition) is 1. The Kier molecular flexibility index (Phi) is 6.11. The van der Waals surface area contributed by atoms with Gasteiger partial charge in [0.15, 0.2) is 5.75 Å². The second kappa shape index (κ2) is 9.07. The van der Waals surface area contributed by atoms with E-state index in [2.05, 4.69) is 42.5 Å². The van der Waals surface area contributed by atoms with Crippen LogP contribution in [0.15, 0.2) is 36.5 Å². The minimum Gasteiger partial charge on any atom is -0.404 e. The first-order valence-corrected chi connectivity index (χ1v) is 11.6. The van der Waals surface area contributed by atoms with Gasteiger partial charge in [0.05, 0.1) is 34.5 Å². The summed E-state index contributed by atoms with van der Waals surface area (Å²) >= 11 is 0. The van der Waals surface area contributed by atoms with E-state index in [1.165, 1.54) is 18.3 Å². The summed E-state index contributed by atoms with van der Waals surface area (Å²) in [5, 5.41) is 0. The predicted molar refractivity (Wildman–Crippen MR) is 124 cm³/mol. The largest absolute Gasteiger partial charge is 0.573 e. The Bertz CT molecular complexity index is 1140. The Balaban J connectivity index is 1.44. The zero-order valence-electron chi connectivity index (χ0n) is 19.3. The SMILES string of the molecule is CN1CCN(c2cccc3nc([C@H]4CCC[C@@H](c5ncccc5OC(F)(F)F)N4C)[nH]c23)CC1. The first kappa shape index (κ1) is 22.9. The standard InChI is InChI=1S/C24H29F3N6O/c1-31-12-14-33(15-13-31)18-8-3-6-16-21(18)30-23(29-16)19-9-4-7-17(32(19)2)22-20(10-5-11-28-22)34-24(25,26)27/h3,5-6,8,10-11,17,19H,4,7,9,12-15H2,1-2H3,(H,29,30)/t17-,19+/m0/s1. The van der Waals surface area contributed by atoms with Crippen LogP contribution in [0.25, 0.3) is 11.0 Å². The number of likely N-dealkylation sites (tertiary alicyclic amines) is 1. The monoisotopic (exact) mass is 474 g/mol. The van der Waals surface area contributed by atoms with E-state index in [9.17, 15) is 13.2 Å². The number of aromatic nitrogens is 3. The molecule has 1 aromatic carbocycles. The van der Waals surface area contributed by atoms with Crippen molar-refractivity contribution in [3.8, 4) is 5.75 Å². The van der Waals surface area contributed by atoms with Crippen LogP contribution in [0.1, 0.15) is 42.9 Å². The summed E-state index contributed by atoms with van der Waals surface area (Å²) in [5.41, 5.74) is 3.36. The number of nitrogens with zero attached hydrogens (tertiary/aromatic N) is 5. The van der Waals surface area contributed by atoms with Crippen LogP contribution in [0, 0.1) is 0 Å². The zero-order valence-corrected chi connectivity index (χ0v) is 19.3. The average molecular weight is 475 g/mol. The van der Waals surface area contributed by atoms with E-state index in [0.29, 0.717) is 12.1 Å². The van der Waals surface area contributed by atoms with Gasteiger partial charge in [-0.15, -0.1) is 13.2 Å². The van der Waals surface area contributed by atoms with Gasteiger partial charge >= 0.3 is 6.36 Å². The van der Waals surface area contributed by atoms with Gasteiger partial charge in [0, 0.05) is 32.4 Å². The van der Waals surface area contributed by atoms with Crippen molar-refractivity contribution in [2.24, 2.45) is 0 Å². The lowest BCUT2D eigenvalue weighted by atomic mass is 9.93. The van der Waals surface area contributed by atoms with Gasteiger partial charge in [-0.05, 0) is 57.6 Å². The van der Waals surface area contributed by atoms with Crippen LogP contribution in [0.3, 0.4) is 0 Å². The molecule has 10 heteroatoms. The summed E-state index contributed by atoms with van der Waals surface area (Å²) in [4.78, 5) is 19.5. The van der Waals surface area contributed by atoms with Crippen molar-refractivity contribution in [3.63, 3.8) is 0 Å². The first-order chi connectivity index (χ1) is 16.3. The van der Waals surface area contributed by atoms with Crippen molar-refractivity contribution in [3.05, 3.63) is 48.0 Å². The van der Waals surface area contributed by atoms with Crippen molar-refractivity contribution < 1.29 is 17.9 Å². The van der Waals surface area contributed by atoms with E-state index in [1.54, 1.807) is 0 Å². The summed E-state index contributed by atoms with van der Waals surface area (Å²) in [6, 6.07) is 8.58. The topological polar surface area (TPSA) is 60.5 Å². The number of pyridine rings is 1. The number of aromatic amines is 1. The van der Waals surface area contributed by atoms with Crippen LogP contribution in [-0.4, -0.2) is 71.4 Å². The maximum absolute atomic E-state index is 13.0. The molecule has 2 aromatic heterocycles. The van der Waals surface area contributed by atoms with E-state index in [1.807, 2.05) is 19.2 Å². The van der Waals surface area contributed by atoms with Gasteiger partial charge in [-0.3, -0.25) is 9.88 Å². The number of benzene rings is 1. The fourth-order valence-corrected chi connectivity index (χ4v) is 5.16. The molecule has 0 unspecified atom stereocenters. The molecule has 2 atom stereocenters. The van der Waals surface area contributed by atoms with Gasteiger partial charge in [0.1, 0.15) is 5.82 Å². The third-order valence-corrected chi connectivity index (χ3v) is 6.95. The fourth-order valence-electron chi connectivity index (χ4n) is 5.16. The predicted octanol–water partition coefficient (Wildman–Crippen LogP) is 4.51. The molecule has 0 bridgehead atoms. The van der Waals surface area contributed by atoms with E-state index in [0.717, 1.165) is 61.6 Å². The van der Waals surface area contributed by atoms with Gasteiger partial charge in [-0.1, -0.05) is 6.07 Å². The maximum atomic E-state index is 13.0. The van der Waals surface area contributed by atoms with Crippen LogP contribution in [0.2, 0.25) is 0 Å². The molecule has 182 valence electrons. The average Bonchev–Trinajstić information content (AvgIpc) is 3.24. The van der Waals surface area contributed by atoms with Crippen molar-refractivity contribution in [1.29, 1.82) is 0 Å². The van der Waals surface area contributed by atoms with Crippen molar-refractivity contribution in [2.45, 2.75) is 37.7 Å². The van der Waals surface area contributed by atoms with Crippen molar-refractivity contribution in [1.82, 2.24) is 24.8 Å². The summed E-state index contributed by atoms with van der Waals surface area (Å²) in [6.07, 6.45) is -0.837. The Hall–Kier alpha value is -2.85. The number of para-hydroxylation sites is 1. The number of fused-ring (bicyclic) bond motifs is 1. The Morgan fingerprint density at radius 3 is 2.53 bits per heavy atom. The van der Waals surface area contributed by atoms with Gasteiger partial charge in [0.25, 0.3) is 0 Å². The molecule has 2 aliphatic heterocycles. The van der Waals surface area contributed by atoms with Crippen LogP contribution in [-0.2, 0) is 0 Å². The lowest BCUT2D eigenvalue weighted by Crippen LogP contribution is -2.44. The molecule has 7 nitrogen and oxygen atoms in total. The molecule has 4 heterocycles. The highest BCUT2D eigenvalue weighted by molar-refractivity contribution is 5.89. The number of nitrogens with one attached hydrogen (secondary N) is 1. The zero-order chi connectivity index (χ0) is 23.9. The number of likely N-dealkylation sites (N-methyl/N-ethyl adjacent to an activating group) is 1. The quantitative estimate of drug-likeness (QED) is 0.601. The smallest absolute Gasteiger partial charge is 0.404 e. The molecule has 2 saturated heterocycles. The Morgan fingerprint density at radius 2 is 1.76 bits per heavy atom. The lowest BCUT2D eigenvalue weighted by molar-refractivity contribution is -0.275. The molecule has 0 radical (unpaired) electrons. The Morgan fingerprint density at radius 1 is 1.00 bits per heavy atom. The van der Waals surface area contributed by atoms with E-state index in [-0.39, 0.29) is 17.8 Å². The molecule has 0 aliphatic carbocycles. The number of anilines is 1. The minimum absolute atomic E-state index is 0.0627. The first-order valence-electron chi connectivity index (χ1n) is 11.6. The molecule has 0 saturated carbocycles. The third-order valence-electron chi connectivity index (χ3n) is 6.95. The molecule has 3 aromatic rings. The molecule has 1 N–H and O–H groups in total. The van der Waals surface area contributed by atoms with Crippen molar-refractivity contribution in [2.75, 3.05) is 45.2 Å². The number of imidazole rings is 1. The van der Waals surface area contributed by atoms with E-state index < -0.39 is 6.36 Å². The number of ether oxygens (including phenoxy) is 1. The highest BCUT2D eigenvalue weighted by Gasteiger charge is 2.37. The van der Waals surface area contributed by atoms with E-state index >= 15 is 0 Å². The molecular weight excluding hydrogens is 445 g/mol. The number of H-pyrrole nitrogens is 1. The highest BCUT2D eigenvalue weighted by atomic mass is 19.4. The summed E-state index contributed by atoms with van der Waals surface area (Å²) in [5.74, 6) is 0.590. The summed E-state index contributed by atoms with van der Waals surface area (Å²) < 4.78 is 43.2. The van der Waals surface area contributed by atoms with Crippen LogP contribution >= 0.6 is 0 Å². The highest BCUT2D eigenvalue weighted by Crippen LogP contribution is 2.43. The number of alkyl halides is 3. The maximum Gasteiger partial charge on any atom is 0.573 e. The second-order valence-electron chi connectivity index (χ2n) is 9.15.